The molecule has 1 aromatic heterocycles. The molecule has 1 rings (SSSR count). The smallest absolute Gasteiger partial charge is 0.328 e. The van der Waals surface area contributed by atoms with Crippen molar-refractivity contribution in [1.29, 1.82) is 0 Å². The Morgan fingerprint density at radius 1 is 1.65 bits per heavy atom. The number of hydrogen-bond acceptors (Lipinski definition) is 4. The molecule has 0 saturated carbocycles. The summed E-state index contributed by atoms with van der Waals surface area (Å²) < 4.78 is 0.964. The monoisotopic (exact) mass is 239 g/mol. The number of anilines is 1. The minimum Gasteiger partial charge on any atom is -0.480 e. The fourth-order valence-electron chi connectivity index (χ4n) is 1.48. The molecule has 1 aromatic rings. The highest BCUT2D eigenvalue weighted by molar-refractivity contribution is 5.71. The van der Waals surface area contributed by atoms with Crippen molar-refractivity contribution in [3.8, 4) is 0 Å². The van der Waals surface area contributed by atoms with Gasteiger partial charge in [-0.3, -0.25) is 4.79 Å². The van der Waals surface area contributed by atoms with Crippen molar-refractivity contribution in [3.05, 3.63) is 22.6 Å². The molecule has 0 aromatic carbocycles. The first kappa shape index (κ1) is 13.2. The summed E-state index contributed by atoms with van der Waals surface area (Å²) in [7, 11) is 1.87. The lowest BCUT2D eigenvalue weighted by Gasteiger charge is -2.18. The Kier molecular flexibility index (Phi) is 4.25. The summed E-state index contributed by atoms with van der Waals surface area (Å²) in [6.45, 7) is 4.28. The van der Waals surface area contributed by atoms with Gasteiger partial charge in [-0.2, -0.15) is 5.10 Å². The molecule has 0 saturated heterocycles. The minimum absolute atomic E-state index is 0.402. The molecular weight excluding hydrogens is 222 g/mol. The molecule has 0 fully saturated rings. The molecule has 0 spiro atoms. The van der Waals surface area contributed by atoms with Crippen molar-refractivity contribution in [3.63, 3.8) is 0 Å². The molecule has 0 bridgehead atoms. The van der Waals surface area contributed by atoms with Gasteiger partial charge in [-0.05, 0) is 13.3 Å². The highest BCUT2D eigenvalue weighted by Gasteiger charge is 2.16. The third-order valence-corrected chi connectivity index (χ3v) is 2.54. The Morgan fingerprint density at radius 3 is 2.76 bits per heavy atom. The molecule has 1 atom stereocenters. The van der Waals surface area contributed by atoms with Gasteiger partial charge in [-0.15, -0.1) is 0 Å². The van der Waals surface area contributed by atoms with Crippen molar-refractivity contribution >= 4 is 11.7 Å². The predicted octanol–water partition coefficient (Wildman–Crippen LogP) is 0.735. The fraction of sp³-hybridized carbons (Fsp3) is 0.545. The van der Waals surface area contributed by atoms with E-state index in [2.05, 4.69) is 5.10 Å². The zero-order chi connectivity index (χ0) is 13.0. The molecule has 0 radical (unpaired) electrons. The average molecular weight is 239 g/mol. The van der Waals surface area contributed by atoms with Crippen molar-refractivity contribution in [2.45, 2.75) is 26.3 Å². The Labute approximate surface area is 99.5 Å². The molecule has 1 unspecified atom stereocenters. The average Bonchev–Trinajstić information content (AvgIpc) is 2.28. The fourth-order valence-corrected chi connectivity index (χ4v) is 1.48. The van der Waals surface area contributed by atoms with Crippen LogP contribution in [0.1, 0.15) is 26.3 Å². The van der Waals surface area contributed by atoms with E-state index in [9.17, 15) is 9.59 Å². The van der Waals surface area contributed by atoms with E-state index in [1.165, 1.54) is 19.2 Å². The normalized spacial score (nSPS) is 12.2. The van der Waals surface area contributed by atoms with Gasteiger partial charge in [-0.1, -0.05) is 6.92 Å². The van der Waals surface area contributed by atoms with E-state index in [0.717, 1.165) is 17.6 Å². The molecular formula is C11H17N3O3. The number of aromatic nitrogens is 2. The molecule has 94 valence electrons. The van der Waals surface area contributed by atoms with Crippen LogP contribution >= 0.6 is 0 Å². The van der Waals surface area contributed by atoms with Crippen LogP contribution in [0.25, 0.3) is 0 Å². The van der Waals surface area contributed by atoms with Gasteiger partial charge in [0.2, 0.25) is 0 Å². The van der Waals surface area contributed by atoms with Crippen LogP contribution in [-0.2, 0) is 4.79 Å². The number of rotatable bonds is 5. The van der Waals surface area contributed by atoms with E-state index in [0.29, 0.717) is 5.69 Å². The van der Waals surface area contributed by atoms with E-state index in [1.54, 1.807) is 0 Å². The maximum Gasteiger partial charge on any atom is 0.328 e. The van der Waals surface area contributed by atoms with E-state index in [1.807, 2.05) is 18.9 Å². The second-order valence-electron chi connectivity index (χ2n) is 3.93. The number of hydrogen-bond donors (Lipinski definition) is 1. The maximum absolute atomic E-state index is 11.7. The molecule has 1 heterocycles. The van der Waals surface area contributed by atoms with Crippen LogP contribution in [0, 0.1) is 0 Å². The van der Waals surface area contributed by atoms with Gasteiger partial charge < -0.3 is 10.0 Å². The number of nitrogens with zero attached hydrogens (tertiary/aromatic N) is 3. The standard InChI is InChI=1S/C11H17N3O3/c1-4-5-13(3)9-6-10(15)14(12-7-9)8(2)11(16)17/h6-8H,4-5H2,1-3H3,(H,16,17). The predicted molar refractivity (Wildman–Crippen MR) is 64.4 cm³/mol. The minimum atomic E-state index is -1.07. The topological polar surface area (TPSA) is 75.4 Å². The summed E-state index contributed by atoms with van der Waals surface area (Å²) in [6, 6.07) is 0.454. The molecule has 0 amide bonds. The first-order chi connectivity index (χ1) is 7.97. The van der Waals surface area contributed by atoms with Crippen molar-refractivity contribution in [2.75, 3.05) is 18.5 Å². The number of carboxylic acid groups (broad SMARTS) is 1. The van der Waals surface area contributed by atoms with Crippen LogP contribution in [0.2, 0.25) is 0 Å². The lowest BCUT2D eigenvalue weighted by Crippen LogP contribution is -2.31. The summed E-state index contributed by atoms with van der Waals surface area (Å²) in [6.07, 6.45) is 2.47. The van der Waals surface area contributed by atoms with Gasteiger partial charge in [-0.25, -0.2) is 9.48 Å². The summed E-state index contributed by atoms with van der Waals surface area (Å²) >= 11 is 0. The van der Waals surface area contributed by atoms with Crippen molar-refractivity contribution in [2.24, 2.45) is 0 Å². The first-order valence-corrected chi connectivity index (χ1v) is 5.50. The van der Waals surface area contributed by atoms with Crippen LogP contribution in [0.4, 0.5) is 5.69 Å². The number of carboxylic acids is 1. The first-order valence-electron chi connectivity index (χ1n) is 5.50. The van der Waals surface area contributed by atoms with Gasteiger partial charge in [0.05, 0.1) is 11.9 Å². The Hall–Kier alpha value is -1.85. The van der Waals surface area contributed by atoms with Crippen LogP contribution in [-0.4, -0.2) is 34.4 Å². The number of aliphatic carboxylic acids is 1. The highest BCUT2D eigenvalue weighted by Crippen LogP contribution is 2.08. The van der Waals surface area contributed by atoms with Crippen LogP contribution in [0.15, 0.2) is 17.1 Å². The second-order valence-corrected chi connectivity index (χ2v) is 3.93. The van der Waals surface area contributed by atoms with Crippen molar-refractivity contribution < 1.29 is 9.90 Å². The molecule has 0 aliphatic heterocycles. The third-order valence-electron chi connectivity index (χ3n) is 2.54. The SMILES string of the molecule is CCCN(C)c1cnn(C(C)C(=O)O)c(=O)c1. The summed E-state index contributed by atoms with van der Waals surface area (Å²) in [5, 5.41) is 12.7. The van der Waals surface area contributed by atoms with Crippen LogP contribution in [0.3, 0.4) is 0 Å². The van der Waals surface area contributed by atoms with E-state index >= 15 is 0 Å². The second kappa shape index (κ2) is 5.47. The molecule has 6 heteroatoms. The zero-order valence-corrected chi connectivity index (χ0v) is 10.3. The Morgan fingerprint density at radius 2 is 2.29 bits per heavy atom. The van der Waals surface area contributed by atoms with E-state index < -0.39 is 17.6 Å². The summed E-state index contributed by atoms with van der Waals surface area (Å²) in [5.41, 5.74) is 0.297. The molecule has 6 nitrogen and oxygen atoms in total. The van der Waals surface area contributed by atoms with Crippen LogP contribution in [0.5, 0.6) is 0 Å². The molecule has 0 aliphatic rings. The summed E-state index contributed by atoms with van der Waals surface area (Å²) in [4.78, 5) is 24.4. The lowest BCUT2D eigenvalue weighted by atomic mass is 10.3. The zero-order valence-electron chi connectivity index (χ0n) is 10.3. The van der Waals surface area contributed by atoms with Crippen LogP contribution < -0.4 is 10.5 Å². The molecule has 1 N–H and O–H groups in total. The van der Waals surface area contributed by atoms with Gasteiger partial charge in [0, 0.05) is 19.7 Å². The van der Waals surface area contributed by atoms with E-state index in [4.69, 9.17) is 5.11 Å². The van der Waals surface area contributed by atoms with E-state index in [-0.39, 0.29) is 0 Å². The van der Waals surface area contributed by atoms with Gasteiger partial charge in [0.1, 0.15) is 0 Å². The number of carbonyl (C=O) groups is 1. The Bertz CT molecular complexity index is 456. The quantitative estimate of drug-likeness (QED) is 0.820. The molecule has 0 aliphatic carbocycles. The lowest BCUT2D eigenvalue weighted by molar-refractivity contribution is -0.140. The largest absolute Gasteiger partial charge is 0.480 e. The van der Waals surface area contributed by atoms with Gasteiger partial charge in [0.15, 0.2) is 6.04 Å². The van der Waals surface area contributed by atoms with Gasteiger partial charge in [0.25, 0.3) is 5.56 Å². The van der Waals surface area contributed by atoms with Crippen molar-refractivity contribution in [1.82, 2.24) is 9.78 Å². The van der Waals surface area contributed by atoms with Gasteiger partial charge >= 0.3 is 5.97 Å². The Balaban J connectivity index is 3.02. The highest BCUT2D eigenvalue weighted by atomic mass is 16.4. The third kappa shape index (κ3) is 3.05. The molecule has 17 heavy (non-hydrogen) atoms. The summed E-state index contributed by atoms with van der Waals surface area (Å²) in [5.74, 6) is -1.07. The maximum atomic E-state index is 11.7.